The third-order valence-corrected chi connectivity index (χ3v) is 4.46. The van der Waals surface area contributed by atoms with Crippen LogP contribution in [0.5, 0.6) is 0 Å². The van der Waals surface area contributed by atoms with Gasteiger partial charge in [-0.3, -0.25) is 9.69 Å². The summed E-state index contributed by atoms with van der Waals surface area (Å²) in [6.45, 7) is 2.89. The van der Waals surface area contributed by atoms with Crippen molar-refractivity contribution in [3.63, 3.8) is 0 Å². The highest BCUT2D eigenvalue weighted by molar-refractivity contribution is 7.07. The third kappa shape index (κ3) is 3.73. The van der Waals surface area contributed by atoms with Crippen LogP contribution in [0.1, 0.15) is 28.6 Å². The molecule has 1 fully saturated rings. The van der Waals surface area contributed by atoms with Crippen molar-refractivity contribution in [1.82, 2.24) is 24.9 Å². The number of aryl methyl sites for hydroxylation is 1. The quantitative estimate of drug-likeness (QED) is 0.822. The van der Waals surface area contributed by atoms with Gasteiger partial charge in [-0.2, -0.15) is 4.98 Å². The molecule has 0 spiro atoms. The Bertz CT molecular complexity index is 662. The van der Waals surface area contributed by atoms with Crippen molar-refractivity contribution in [2.75, 3.05) is 20.1 Å². The monoisotopic (exact) mass is 339 g/mol. The molecule has 7 nitrogen and oxygen atoms in total. The Balaban J connectivity index is 1.63. The Kier molecular flexibility index (Phi) is 4.67. The first-order valence-corrected chi connectivity index (χ1v) is 8.28. The minimum Gasteiger partial charge on any atom is -0.340 e. The number of nitrogens with zero attached hydrogens (tertiary/aromatic N) is 5. The van der Waals surface area contributed by atoms with Crippen LogP contribution in [-0.2, 0) is 6.54 Å². The summed E-state index contributed by atoms with van der Waals surface area (Å²) in [5.41, 5.74) is 2.05. The molecule has 1 amide bonds. The van der Waals surface area contributed by atoms with E-state index in [2.05, 4.69) is 15.1 Å². The van der Waals surface area contributed by atoms with E-state index >= 15 is 0 Å². The van der Waals surface area contributed by atoms with E-state index in [1.54, 1.807) is 29.8 Å². The van der Waals surface area contributed by atoms with Gasteiger partial charge < -0.3 is 9.42 Å². The molecule has 0 radical (unpaired) electrons. The second kappa shape index (κ2) is 6.71. The van der Waals surface area contributed by atoms with E-state index in [-0.39, 0.29) is 11.9 Å². The van der Waals surface area contributed by atoms with Crippen LogP contribution >= 0.6 is 11.3 Å². The molecule has 0 unspecified atom stereocenters. The summed E-state index contributed by atoms with van der Waals surface area (Å²) in [7, 11) is 1.71. The maximum absolute atomic E-state index is 13.8. The van der Waals surface area contributed by atoms with Crippen LogP contribution in [0, 0.1) is 6.92 Å². The molecule has 23 heavy (non-hydrogen) atoms. The molecule has 0 saturated carbocycles. The van der Waals surface area contributed by atoms with E-state index in [0.29, 0.717) is 43.5 Å². The Morgan fingerprint density at radius 2 is 2.43 bits per heavy atom. The first kappa shape index (κ1) is 16.0. The SMILES string of the molecule is Cc1nc(CN2C[C@@H](F)C[C@H]2CN(C)C(=O)c2cscn2)no1. The Morgan fingerprint density at radius 1 is 1.61 bits per heavy atom. The highest BCUT2D eigenvalue weighted by Crippen LogP contribution is 2.23. The number of likely N-dealkylation sites (N-methyl/N-ethyl adjacent to an activating group) is 1. The van der Waals surface area contributed by atoms with Gasteiger partial charge in [0.25, 0.3) is 5.91 Å². The largest absolute Gasteiger partial charge is 0.340 e. The summed E-state index contributed by atoms with van der Waals surface area (Å²) >= 11 is 1.38. The average Bonchev–Trinajstić information content (AvgIpc) is 3.22. The molecule has 1 aliphatic rings. The van der Waals surface area contributed by atoms with Gasteiger partial charge in [-0.25, -0.2) is 9.37 Å². The van der Waals surface area contributed by atoms with Crippen molar-refractivity contribution >= 4 is 17.2 Å². The normalized spacial score (nSPS) is 21.7. The van der Waals surface area contributed by atoms with Crippen LogP contribution in [0.4, 0.5) is 4.39 Å². The van der Waals surface area contributed by atoms with Crippen molar-refractivity contribution < 1.29 is 13.7 Å². The van der Waals surface area contributed by atoms with Crippen LogP contribution in [0.15, 0.2) is 15.4 Å². The van der Waals surface area contributed by atoms with Crippen LogP contribution in [-0.4, -0.2) is 63.2 Å². The molecule has 2 aromatic heterocycles. The van der Waals surface area contributed by atoms with Crippen LogP contribution < -0.4 is 0 Å². The number of rotatable bonds is 5. The second-order valence-corrected chi connectivity index (χ2v) is 6.42. The number of alkyl halides is 1. The lowest BCUT2D eigenvalue weighted by atomic mass is 10.2. The van der Waals surface area contributed by atoms with Crippen LogP contribution in [0.3, 0.4) is 0 Å². The first-order chi connectivity index (χ1) is 11.0. The molecule has 3 rings (SSSR count). The fourth-order valence-corrected chi connectivity index (χ4v) is 3.33. The summed E-state index contributed by atoms with van der Waals surface area (Å²) in [6, 6.07) is -0.0728. The van der Waals surface area contributed by atoms with Crippen molar-refractivity contribution in [2.45, 2.75) is 32.1 Å². The molecule has 2 aromatic rings. The number of halogens is 1. The highest BCUT2D eigenvalue weighted by atomic mass is 32.1. The molecular formula is C14H18FN5O2S. The zero-order valence-electron chi connectivity index (χ0n) is 13.0. The molecule has 0 N–H and O–H groups in total. The summed E-state index contributed by atoms with van der Waals surface area (Å²) < 4.78 is 18.8. The molecule has 3 heterocycles. The van der Waals surface area contributed by atoms with Gasteiger partial charge in [-0.1, -0.05) is 5.16 Å². The first-order valence-electron chi connectivity index (χ1n) is 7.34. The fraction of sp³-hybridized carbons (Fsp3) is 0.571. The van der Waals surface area contributed by atoms with Gasteiger partial charge in [0, 0.05) is 38.5 Å². The smallest absolute Gasteiger partial charge is 0.273 e. The van der Waals surface area contributed by atoms with Gasteiger partial charge in [0.1, 0.15) is 11.9 Å². The lowest BCUT2D eigenvalue weighted by Gasteiger charge is -2.27. The number of aromatic nitrogens is 3. The highest BCUT2D eigenvalue weighted by Gasteiger charge is 2.34. The van der Waals surface area contributed by atoms with Gasteiger partial charge in [0.2, 0.25) is 5.89 Å². The molecule has 2 atom stereocenters. The number of hydrogen-bond donors (Lipinski definition) is 0. The topological polar surface area (TPSA) is 75.4 Å². The summed E-state index contributed by atoms with van der Waals surface area (Å²) in [6.07, 6.45) is -0.512. The maximum Gasteiger partial charge on any atom is 0.273 e. The number of likely N-dealkylation sites (tertiary alicyclic amines) is 1. The lowest BCUT2D eigenvalue weighted by molar-refractivity contribution is 0.0743. The van der Waals surface area contributed by atoms with Crippen LogP contribution in [0.25, 0.3) is 0 Å². The molecule has 0 aliphatic carbocycles. The minimum atomic E-state index is -0.907. The van der Waals surface area contributed by atoms with Gasteiger partial charge in [0.15, 0.2) is 5.82 Å². The van der Waals surface area contributed by atoms with E-state index < -0.39 is 6.17 Å². The minimum absolute atomic E-state index is 0.0728. The van der Waals surface area contributed by atoms with Crippen molar-refractivity contribution in [3.05, 3.63) is 28.3 Å². The van der Waals surface area contributed by atoms with Gasteiger partial charge in [-0.15, -0.1) is 11.3 Å². The number of amides is 1. The van der Waals surface area contributed by atoms with E-state index in [0.717, 1.165) is 0 Å². The van der Waals surface area contributed by atoms with E-state index in [1.165, 1.54) is 11.3 Å². The molecular weight excluding hydrogens is 321 g/mol. The lowest BCUT2D eigenvalue weighted by Crippen LogP contribution is -2.41. The Morgan fingerprint density at radius 3 is 3.09 bits per heavy atom. The predicted octanol–water partition coefficient (Wildman–Crippen LogP) is 1.52. The molecule has 124 valence electrons. The Hall–Kier alpha value is -1.87. The van der Waals surface area contributed by atoms with Crippen molar-refractivity contribution in [1.29, 1.82) is 0 Å². The number of carbonyl (C=O) groups excluding carboxylic acids is 1. The summed E-state index contributed by atoms with van der Waals surface area (Å²) in [4.78, 5) is 24.0. The van der Waals surface area contributed by atoms with Gasteiger partial charge in [0.05, 0.1) is 12.1 Å². The van der Waals surface area contributed by atoms with E-state index in [9.17, 15) is 9.18 Å². The van der Waals surface area contributed by atoms with Crippen molar-refractivity contribution in [2.24, 2.45) is 0 Å². The summed E-state index contributed by atoms with van der Waals surface area (Å²) in [5.74, 6) is 0.877. The third-order valence-electron chi connectivity index (χ3n) is 3.87. The number of hydrogen-bond acceptors (Lipinski definition) is 7. The molecule has 0 aromatic carbocycles. The van der Waals surface area contributed by atoms with Gasteiger partial charge >= 0.3 is 0 Å². The second-order valence-electron chi connectivity index (χ2n) is 5.71. The maximum atomic E-state index is 13.8. The zero-order valence-corrected chi connectivity index (χ0v) is 13.8. The van der Waals surface area contributed by atoms with E-state index in [4.69, 9.17) is 4.52 Å². The van der Waals surface area contributed by atoms with Crippen LogP contribution in [0.2, 0.25) is 0 Å². The average molecular weight is 339 g/mol. The molecule has 1 aliphatic heterocycles. The zero-order chi connectivity index (χ0) is 16.4. The van der Waals surface area contributed by atoms with Gasteiger partial charge in [-0.05, 0) is 6.42 Å². The standard InChI is InChI=1S/C14H18FN5O2S/c1-9-17-13(18-22-9)6-20-4-10(15)3-11(20)5-19(2)14(21)12-7-23-8-16-12/h7-8,10-11H,3-6H2,1-2H3/t10-,11-/m0/s1. The van der Waals surface area contributed by atoms with Crippen molar-refractivity contribution in [3.8, 4) is 0 Å². The number of thiazole rings is 1. The fourth-order valence-electron chi connectivity index (χ4n) is 2.81. The summed E-state index contributed by atoms with van der Waals surface area (Å²) in [5, 5.41) is 5.57. The molecule has 1 saturated heterocycles. The Labute approximate surface area is 137 Å². The molecule has 9 heteroatoms. The van der Waals surface area contributed by atoms with E-state index in [1.807, 2.05) is 4.90 Å². The molecule has 0 bridgehead atoms. The number of carbonyl (C=O) groups is 1. The predicted molar refractivity (Wildman–Crippen MR) is 81.8 cm³/mol.